The number of phosphoric acid groups is 2. The number of hydrogen-bond acceptors (Lipinski definition) is 15. The zero-order valence-corrected chi connectivity index (χ0v) is 62.0. The molecule has 0 aliphatic heterocycles. The van der Waals surface area contributed by atoms with Crippen LogP contribution in [0.4, 0.5) is 0 Å². The maximum absolute atomic E-state index is 13.0. The van der Waals surface area contributed by atoms with Gasteiger partial charge in [-0.05, 0) is 69.1 Å². The Morgan fingerprint density at radius 1 is 0.355 bits per heavy atom. The van der Waals surface area contributed by atoms with Crippen LogP contribution in [0.5, 0.6) is 0 Å². The highest BCUT2D eigenvalue weighted by atomic mass is 31.2. The summed E-state index contributed by atoms with van der Waals surface area (Å²) in [5.74, 6) is 0.136. The van der Waals surface area contributed by atoms with Gasteiger partial charge in [-0.15, -0.1) is 0 Å². The molecular weight excluding hydrogens is 1220 g/mol. The quantitative estimate of drug-likeness (QED) is 0.0169. The van der Waals surface area contributed by atoms with Crippen LogP contribution in [0, 0.1) is 17.8 Å². The van der Waals surface area contributed by atoms with Gasteiger partial charge >= 0.3 is 39.5 Å². The van der Waals surface area contributed by atoms with Gasteiger partial charge in [0, 0.05) is 25.7 Å². The van der Waals surface area contributed by atoms with Crippen LogP contribution in [0.3, 0.4) is 0 Å². The second-order valence-corrected chi connectivity index (χ2v) is 29.9. The molecule has 19 heteroatoms. The predicted molar refractivity (Wildman–Crippen MR) is 377 cm³/mol. The number of phosphoric ester groups is 2. The zero-order chi connectivity index (χ0) is 68.7. The third kappa shape index (κ3) is 65.3. The summed E-state index contributed by atoms with van der Waals surface area (Å²) in [4.78, 5) is 72.7. The smallest absolute Gasteiger partial charge is 0.462 e. The number of aliphatic hydroxyl groups is 1. The maximum Gasteiger partial charge on any atom is 0.472 e. The lowest BCUT2D eigenvalue weighted by Crippen LogP contribution is -2.30. The van der Waals surface area contributed by atoms with Crippen molar-refractivity contribution in [2.75, 3.05) is 39.6 Å². The number of aliphatic hydroxyl groups excluding tert-OH is 1. The van der Waals surface area contributed by atoms with Crippen LogP contribution >= 0.6 is 15.6 Å². The SMILES string of the molecule is CCCCCC/C=C\C=C/CCCCCCCC(=O)O[C@H](COC(=O)CCCCCCCCCCC(C)CC)COP(=O)(O)OC[C@@H](O)COP(=O)(O)OC[C@@H](COC(=O)CCCCCCCCC(C)CC)OC(=O)CCCCCCCCCCCCCCCC(C)C. The summed E-state index contributed by atoms with van der Waals surface area (Å²) in [6.07, 6.45) is 52.1. The molecule has 4 unspecified atom stereocenters. The van der Waals surface area contributed by atoms with Crippen molar-refractivity contribution in [3.8, 4) is 0 Å². The van der Waals surface area contributed by atoms with Crippen molar-refractivity contribution in [2.24, 2.45) is 17.8 Å². The fourth-order valence-electron chi connectivity index (χ4n) is 10.6. The summed E-state index contributed by atoms with van der Waals surface area (Å²) in [7, 11) is -9.92. The van der Waals surface area contributed by atoms with Crippen LogP contribution in [0.1, 0.15) is 350 Å². The number of esters is 4. The van der Waals surface area contributed by atoms with Crippen LogP contribution in [0.25, 0.3) is 0 Å². The fourth-order valence-corrected chi connectivity index (χ4v) is 12.2. The molecule has 0 amide bonds. The Morgan fingerprint density at radius 3 is 0.957 bits per heavy atom. The molecule has 0 aromatic carbocycles. The van der Waals surface area contributed by atoms with Crippen LogP contribution in [0.2, 0.25) is 0 Å². The average molecular weight is 1360 g/mol. The summed E-state index contributed by atoms with van der Waals surface area (Å²) in [5.41, 5.74) is 0. The van der Waals surface area contributed by atoms with E-state index in [-0.39, 0.29) is 25.7 Å². The van der Waals surface area contributed by atoms with Crippen molar-refractivity contribution in [1.29, 1.82) is 0 Å². The summed E-state index contributed by atoms with van der Waals surface area (Å²) in [5, 5.41) is 10.6. The van der Waals surface area contributed by atoms with Crippen LogP contribution < -0.4 is 0 Å². The topological polar surface area (TPSA) is 237 Å². The van der Waals surface area contributed by atoms with E-state index in [0.29, 0.717) is 25.7 Å². The predicted octanol–water partition coefficient (Wildman–Crippen LogP) is 21.0. The van der Waals surface area contributed by atoms with Gasteiger partial charge in [0.2, 0.25) is 0 Å². The zero-order valence-electron chi connectivity index (χ0n) is 60.2. The first-order chi connectivity index (χ1) is 44.8. The Labute approximate surface area is 567 Å². The highest BCUT2D eigenvalue weighted by Crippen LogP contribution is 2.45. The van der Waals surface area contributed by atoms with Crippen molar-refractivity contribution in [1.82, 2.24) is 0 Å². The molecule has 0 aliphatic carbocycles. The number of unbranched alkanes of at least 4 members (excludes halogenated alkanes) is 33. The lowest BCUT2D eigenvalue weighted by Gasteiger charge is -2.21. The standard InChI is InChI=1S/C74H140O17P2/c1-8-11-12-13-14-15-16-17-18-21-24-27-34-43-50-57-73(78)90-69(61-84-71(76)55-48-41-33-30-29-32-39-46-53-66(6)9-2)63-88-92(80,81)86-59-68(75)60-87-93(82,83)89-64-70(62-85-72(77)56-49-42-37-36-40-47-54-67(7)10-3)91-74(79)58-51-44-35-28-25-22-19-20-23-26-31-38-45-52-65(4)5/h15-18,65-70,75H,8-14,19-64H2,1-7H3,(H,80,81)(H,82,83)/b16-15-,18-17-/t66?,67?,68-,69-,70-/m1/s1. The van der Waals surface area contributed by atoms with Gasteiger partial charge in [0.15, 0.2) is 12.2 Å². The van der Waals surface area contributed by atoms with Crippen molar-refractivity contribution < 1.29 is 80.2 Å². The molecular formula is C74H140O17P2. The largest absolute Gasteiger partial charge is 0.472 e. The minimum Gasteiger partial charge on any atom is -0.462 e. The van der Waals surface area contributed by atoms with E-state index in [0.717, 1.165) is 127 Å². The highest BCUT2D eigenvalue weighted by Gasteiger charge is 2.30. The molecule has 0 saturated carbocycles. The van der Waals surface area contributed by atoms with E-state index in [2.05, 4.69) is 72.8 Å². The molecule has 0 bridgehead atoms. The van der Waals surface area contributed by atoms with E-state index in [1.54, 1.807) is 0 Å². The molecule has 0 saturated heterocycles. The molecule has 93 heavy (non-hydrogen) atoms. The Hall–Kier alpha value is -2.46. The molecule has 0 radical (unpaired) electrons. The minimum absolute atomic E-state index is 0.0841. The van der Waals surface area contributed by atoms with Gasteiger partial charge in [0.05, 0.1) is 26.4 Å². The van der Waals surface area contributed by atoms with Gasteiger partial charge in [-0.25, -0.2) is 9.13 Å². The Bertz CT molecular complexity index is 1920. The molecule has 548 valence electrons. The van der Waals surface area contributed by atoms with E-state index < -0.39 is 97.5 Å². The lowest BCUT2D eigenvalue weighted by molar-refractivity contribution is -0.161. The third-order valence-corrected chi connectivity index (χ3v) is 19.1. The second kappa shape index (κ2) is 64.2. The Morgan fingerprint density at radius 2 is 0.634 bits per heavy atom. The molecule has 7 atom stereocenters. The lowest BCUT2D eigenvalue weighted by atomic mass is 9.99. The second-order valence-electron chi connectivity index (χ2n) is 27.0. The van der Waals surface area contributed by atoms with E-state index in [9.17, 15) is 43.2 Å². The van der Waals surface area contributed by atoms with Crippen molar-refractivity contribution in [3.63, 3.8) is 0 Å². The van der Waals surface area contributed by atoms with E-state index in [1.165, 1.54) is 141 Å². The van der Waals surface area contributed by atoms with E-state index in [4.69, 9.17) is 37.0 Å². The van der Waals surface area contributed by atoms with Crippen molar-refractivity contribution in [2.45, 2.75) is 369 Å². The molecule has 17 nitrogen and oxygen atoms in total. The van der Waals surface area contributed by atoms with Crippen LogP contribution in [0.15, 0.2) is 24.3 Å². The van der Waals surface area contributed by atoms with Crippen molar-refractivity contribution >= 4 is 39.5 Å². The highest BCUT2D eigenvalue weighted by molar-refractivity contribution is 7.47. The average Bonchev–Trinajstić information content (AvgIpc) is 3.10. The molecule has 0 aliphatic rings. The molecule has 0 spiro atoms. The van der Waals surface area contributed by atoms with Gasteiger partial charge in [-0.1, -0.05) is 297 Å². The van der Waals surface area contributed by atoms with Gasteiger partial charge in [0.25, 0.3) is 0 Å². The number of rotatable bonds is 70. The fraction of sp³-hybridized carbons (Fsp3) is 0.892. The summed E-state index contributed by atoms with van der Waals surface area (Å²) >= 11 is 0. The number of ether oxygens (including phenoxy) is 4. The van der Waals surface area contributed by atoms with Crippen molar-refractivity contribution in [3.05, 3.63) is 24.3 Å². The van der Waals surface area contributed by atoms with Crippen LogP contribution in [-0.4, -0.2) is 96.7 Å². The third-order valence-electron chi connectivity index (χ3n) is 17.2. The molecule has 0 aromatic heterocycles. The normalized spacial score (nSPS) is 14.9. The Kier molecular flexibility index (Phi) is 62.5. The molecule has 3 N–H and O–H groups in total. The monoisotopic (exact) mass is 1360 g/mol. The van der Waals surface area contributed by atoms with E-state index >= 15 is 0 Å². The van der Waals surface area contributed by atoms with Gasteiger partial charge in [-0.2, -0.15) is 0 Å². The summed E-state index contributed by atoms with van der Waals surface area (Å²) < 4.78 is 68.4. The molecule has 0 fully saturated rings. The minimum atomic E-state index is -4.96. The summed E-state index contributed by atoms with van der Waals surface area (Å²) in [6.45, 7) is 11.8. The molecule has 0 heterocycles. The number of hydrogen-bond donors (Lipinski definition) is 3. The number of carbonyl (C=O) groups excluding carboxylic acids is 4. The number of allylic oxidation sites excluding steroid dienone is 4. The first-order valence-corrected chi connectivity index (χ1v) is 40.7. The van der Waals surface area contributed by atoms with E-state index in [1.807, 2.05) is 0 Å². The molecule has 0 aromatic rings. The van der Waals surface area contributed by atoms with Gasteiger partial charge in [-0.3, -0.25) is 37.3 Å². The summed E-state index contributed by atoms with van der Waals surface area (Å²) in [6, 6.07) is 0. The van der Waals surface area contributed by atoms with Gasteiger partial charge in [0.1, 0.15) is 19.3 Å². The molecule has 0 rings (SSSR count). The first kappa shape index (κ1) is 90.5. The van der Waals surface area contributed by atoms with Crippen LogP contribution in [-0.2, 0) is 65.4 Å². The number of carbonyl (C=O) groups is 4. The Balaban J connectivity index is 5.29. The first-order valence-electron chi connectivity index (χ1n) is 37.7. The maximum atomic E-state index is 13.0. The van der Waals surface area contributed by atoms with Gasteiger partial charge < -0.3 is 33.8 Å².